The third-order valence-corrected chi connectivity index (χ3v) is 3.05. The normalized spacial score (nSPS) is 12.2. The van der Waals surface area contributed by atoms with Crippen LogP contribution in [0.4, 0.5) is 13.2 Å². The second kappa shape index (κ2) is 4.36. The summed E-state index contributed by atoms with van der Waals surface area (Å²) < 4.78 is 41.0. The van der Waals surface area contributed by atoms with Gasteiger partial charge in [0.2, 0.25) is 6.33 Å². The molecule has 0 spiro atoms. The maximum Gasteiger partial charge on any atom is 0.435 e. The monoisotopic (exact) mass is 280 g/mol. The molecule has 0 radical (unpaired) electrons. The first-order valence-electron chi connectivity index (χ1n) is 5.93. The van der Waals surface area contributed by atoms with Crippen LogP contribution in [0.5, 0.6) is 0 Å². The highest BCUT2D eigenvalue weighted by molar-refractivity contribution is 5.71. The van der Waals surface area contributed by atoms with Crippen molar-refractivity contribution >= 4 is 11.0 Å². The van der Waals surface area contributed by atoms with Gasteiger partial charge in [0.25, 0.3) is 0 Å². The van der Waals surface area contributed by atoms with Crippen LogP contribution in [0, 0.1) is 6.33 Å². The SMILES string of the molecule is Cn1[c-][n+](Cc2cc(C(F)(F)F)n[nH]2)c2ccccc21. The van der Waals surface area contributed by atoms with Crippen LogP contribution in [0.1, 0.15) is 11.4 Å². The number of fused-ring (bicyclic) bond motifs is 1. The number of aromatic amines is 1. The summed E-state index contributed by atoms with van der Waals surface area (Å²) >= 11 is 0. The molecule has 0 aliphatic heterocycles. The number of hydrogen-bond acceptors (Lipinski definition) is 1. The topological polar surface area (TPSA) is 37.5 Å². The molecular weight excluding hydrogens is 269 g/mol. The second-order valence-corrected chi connectivity index (χ2v) is 4.51. The van der Waals surface area contributed by atoms with Crippen LogP contribution in [0.3, 0.4) is 0 Å². The van der Waals surface area contributed by atoms with E-state index in [0.29, 0.717) is 5.69 Å². The first-order chi connectivity index (χ1) is 9.45. The molecule has 0 saturated heterocycles. The van der Waals surface area contributed by atoms with Gasteiger partial charge in [-0.15, -0.1) is 0 Å². The van der Waals surface area contributed by atoms with Crippen molar-refractivity contribution in [1.82, 2.24) is 14.8 Å². The number of rotatable bonds is 2. The zero-order valence-electron chi connectivity index (χ0n) is 10.6. The minimum Gasteiger partial charge on any atom is -0.347 e. The largest absolute Gasteiger partial charge is 0.435 e. The molecule has 3 rings (SSSR count). The van der Waals surface area contributed by atoms with Gasteiger partial charge in [-0.25, -0.2) is 0 Å². The molecule has 4 nitrogen and oxygen atoms in total. The van der Waals surface area contributed by atoms with Crippen molar-refractivity contribution in [3.8, 4) is 0 Å². The Hall–Kier alpha value is -2.31. The number of nitrogens with one attached hydrogen (secondary N) is 1. The predicted octanol–water partition coefficient (Wildman–Crippen LogP) is 2.06. The van der Waals surface area contributed by atoms with Gasteiger partial charge in [0.05, 0.1) is 12.7 Å². The minimum absolute atomic E-state index is 0.254. The molecular formula is C13H11F3N4. The average Bonchev–Trinajstić information content (AvgIpc) is 2.97. The van der Waals surface area contributed by atoms with Crippen LogP contribution in [0.2, 0.25) is 0 Å². The lowest BCUT2D eigenvalue weighted by molar-refractivity contribution is -0.667. The van der Waals surface area contributed by atoms with E-state index in [1.807, 2.05) is 31.3 Å². The fraction of sp³-hybridized carbons (Fsp3) is 0.231. The molecule has 3 aromatic rings. The summed E-state index contributed by atoms with van der Waals surface area (Å²) in [7, 11) is 1.84. The number of imidazole rings is 1. The maximum absolute atomic E-state index is 12.5. The van der Waals surface area contributed by atoms with Gasteiger partial charge in [-0.2, -0.15) is 18.3 Å². The number of nitrogens with zero attached hydrogens (tertiary/aromatic N) is 3. The number of halogens is 3. The van der Waals surface area contributed by atoms with Gasteiger partial charge < -0.3 is 9.13 Å². The molecule has 0 aliphatic rings. The average molecular weight is 280 g/mol. The van der Waals surface area contributed by atoms with E-state index in [9.17, 15) is 13.2 Å². The summed E-state index contributed by atoms with van der Waals surface area (Å²) in [5.41, 5.74) is 1.34. The number of H-pyrrole nitrogens is 1. The molecule has 2 heterocycles. The highest BCUT2D eigenvalue weighted by Gasteiger charge is 2.33. The molecule has 0 aliphatic carbocycles. The summed E-state index contributed by atoms with van der Waals surface area (Å²) in [5, 5.41) is 5.70. The number of aryl methyl sites for hydroxylation is 1. The van der Waals surface area contributed by atoms with Crippen molar-refractivity contribution in [2.45, 2.75) is 12.7 Å². The van der Waals surface area contributed by atoms with Crippen LogP contribution < -0.4 is 4.57 Å². The van der Waals surface area contributed by atoms with E-state index in [0.717, 1.165) is 17.1 Å². The van der Waals surface area contributed by atoms with Crippen molar-refractivity contribution in [3.05, 3.63) is 48.0 Å². The van der Waals surface area contributed by atoms with Crippen LogP contribution >= 0.6 is 0 Å². The van der Waals surface area contributed by atoms with Crippen LogP contribution in [-0.4, -0.2) is 14.8 Å². The molecule has 0 atom stereocenters. The highest BCUT2D eigenvalue weighted by Crippen LogP contribution is 2.27. The van der Waals surface area contributed by atoms with Crippen LogP contribution in [-0.2, 0) is 19.8 Å². The number of hydrogen-bond donors (Lipinski definition) is 1. The zero-order chi connectivity index (χ0) is 14.3. The fourth-order valence-corrected chi connectivity index (χ4v) is 2.14. The molecule has 0 saturated carbocycles. The predicted molar refractivity (Wildman–Crippen MR) is 64.6 cm³/mol. The van der Waals surface area contributed by atoms with Crippen molar-refractivity contribution in [2.75, 3.05) is 0 Å². The van der Waals surface area contributed by atoms with Crippen molar-refractivity contribution in [2.24, 2.45) is 7.05 Å². The molecule has 0 fully saturated rings. The summed E-state index contributed by atoms with van der Waals surface area (Å²) in [6.45, 7) is 0.254. The van der Waals surface area contributed by atoms with E-state index in [1.165, 1.54) is 0 Å². The molecule has 104 valence electrons. The van der Waals surface area contributed by atoms with Crippen LogP contribution in [0.15, 0.2) is 30.3 Å². The Labute approximate surface area is 112 Å². The molecule has 1 aromatic carbocycles. The first-order valence-corrected chi connectivity index (χ1v) is 5.93. The fourth-order valence-electron chi connectivity index (χ4n) is 2.14. The van der Waals surface area contributed by atoms with E-state index < -0.39 is 11.9 Å². The quantitative estimate of drug-likeness (QED) is 0.566. The standard InChI is InChI=1S/C13H11F3N4/c1-19-8-20(11-5-3-2-4-10(11)19)7-9-6-12(18-17-9)13(14,15)16/h2-6H,7H2,1H3,(H,17,18). The van der Waals surface area contributed by atoms with E-state index in [1.54, 1.807) is 9.13 Å². The zero-order valence-corrected chi connectivity index (χ0v) is 10.6. The number of aromatic nitrogens is 4. The summed E-state index contributed by atoms with van der Waals surface area (Å²) in [4.78, 5) is 0. The number of alkyl halides is 3. The Morgan fingerprint density at radius 3 is 2.80 bits per heavy atom. The second-order valence-electron chi connectivity index (χ2n) is 4.51. The Morgan fingerprint density at radius 1 is 1.35 bits per heavy atom. The third-order valence-electron chi connectivity index (χ3n) is 3.05. The van der Waals surface area contributed by atoms with Crippen molar-refractivity contribution in [3.63, 3.8) is 0 Å². The lowest BCUT2D eigenvalue weighted by Gasteiger charge is -2.01. The molecule has 0 amide bonds. The molecule has 2 aromatic heterocycles. The Morgan fingerprint density at radius 2 is 2.10 bits per heavy atom. The number of benzene rings is 1. The Kier molecular flexibility index (Phi) is 2.77. The lowest BCUT2D eigenvalue weighted by Crippen LogP contribution is -2.33. The molecule has 1 N–H and O–H groups in total. The van der Waals surface area contributed by atoms with E-state index in [4.69, 9.17) is 0 Å². The maximum atomic E-state index is 12.5. The van der Waals surface area contributed by atoms with Gasteiger partial charge >= 0.3 is 6.18 Å². The van der Waals surface area contributed by atoms with Gasteiger partial charge in [-0.05, 0) is 6.07 Å². The Bertz CT molecular complexity index is 754. The van der Waals surface area contributed by atoms with E-state index in [-0.39, 0.29) is 6.54 Å². The Balaban J connectivity index is 1.96. The van der Waals surface area contributed by atoms with Gasteiger partial charge in [-0.3, -0.25) is 5.10 Å². The first kappa shape index (κ1) is 12.7. The minimum atomic E-state index is -4.43. The van der Waals surface area contributed by atoms with Crippen molar-refractivity contribution < 1.29 is 17.7 Å². The molecule has 20 heavy (non-hydrogen) atoms. The smallest absolute Gasteiger partial charge is 0.347 e. The van der Waals surface area contributed by atoms with Gasteiger partial charge in [0.15, 0.2) is 5.69 Å². The molecule has 7 heteroatoms. The van der Waals surface area contributed by atoms with E-state index in [2.05, 4.69) is 16.5 Å². The molecule has 0 unspecified atom stereocenters. The van der Waals surface area contributed by atoms with Gasteiger partial charge in [0, 0.05) is 11.0 Å². The van der Waals surface area contributed by atoms with Crippen molar-refractivity contribution in [1.29, 1.82) is 0 Å². The van der Waals surface area contributed by atoms with Gasteiger partial charge in [0.1, 0.15) is 6.54 Å². The highest BCUT2D eigenvalue weighted by atomic mass is 19.4. The third kappa shape index (κ3) is 2.15. The summed E-state index contributed by atoms with van der Waals surface area (Å²) in [6, 6.07) is 8.62. The summed E-state index contributed by atoms with van der Waals surface area (Å²) in [6.07, 6.45) is -1.38. The molecule has 0 bridgehead atoms. The lowest BCUT2D eigenvalue weighted by atomic mass is 10.3. The van der Waals surface area contributed by atoms with E-state index >= 15 is 0 Å². The van der Waals surface area contributed by atoms with Gasteiger partial charge in [-0.1, -0.05) is 24.3 Å². The van der Waals surface area contributed by atoms with Crippen LogP contribution in [0.25, 0.3) is 11.0 Å². The number of para-hydroxylation sites is 2. The summed E-state index contributed by atoms with van der Waals surface area (Å²) in [5.74, 6) is 0.